The van der Waals surface area contributed by atoms with Gasteiger partial charge in [-0.25, -0.2) is 0 Å². The summed E-state index contributed by atoms with van der Waals surface area (Å²) in [6.07, 6.45) is 2.65. The van der Waals surface area contributed by atoms with E-state index in [-0.39, 0.29) is 16.9 Å². The van der Waals surface area contributed by atoms with Gasteiger partial charge in [-0.2, -0.15) is 0 Å². The van der Waals surface area contributed by atoms with E-state index in [4.69, 9.17) is 0 Å². The molecule has 1 unspecified atom stereocenters. The van der Waals surface area contributed by atoms with Gasteiger partial charge in [-0.1, -0.05) is 60.3 Å². The highest BCUT2D eigenvalue weighted by Crippen LogP contribution is 2.22. The Morgan fingerprint density at radius 3 is 2.61 bits per heavy atom. The number of rotatable bonds is 5. The van der Waals surface area contributed by atoms with Gasteiger partial charge in [-0.15, -0.1) is 0 Å². The monoisotopic (exact) mass is 396 g/mol. The lowest BCUT2D eigenvalue weighted by atomic mass is 9.99. The Morgan fingerprint density at radius 1 is 1.14 bits per heavy atom. The van der Waals surface area contributed by atoms with Gasteiger partial charge < -0.3 is 10.6 Å². The first-order valence-electron chi connectivity index (χ1n) is 9.43. The molecule has 28 heavy (non-hydrogen) atoms. The summed E-state index contributed by atoms with van der Waals surface area (Å²) in [4.78, 5) is 37.2. The molecule has 1 heterocycles. The Hall–Kier alpha value is -2.60. The maximum Gasteiger partial charge on any atom is 0.246 e. The number of fused-ring (bicyclic) bond motifs is 1. The van der Waals surface area contributed by atoms with Crippen LogP contribution in [-0.4, -0.2) is 28.2 Å². The third-order valence-electron chi connectivity index (χ3n) is 4.71. The maximum atomic E-state index is 12.9. The van der Waals surface area contributed by atoms with Crippen molar-refractivity contribution in [2.75, 3.05) is 5.32 Å². The smallest absolute Gasteiger partial charge is 0.246 e. The Kier molecular flexibility index (Phi) is 6.87. The van der Waals surface area contributed by atoms with Crippen molar-refractivity contribution in [2.45, 2.75) is 43.9 Å². The molecule has 2 aromatic carbocycles. The fourth-order valence-corrected chi connectivity index (χ4v) is 4.18. The third kappa shape index (κ3) is 5.45. The summed E-state index contributed by atoms with van der Waals surface area (Å²) >= 11 is 1.01. The summed E-state index contributed by atoms with van der Waals surface area (Å²) < 4.78 is 0. The molecule has 2 N–H and O–H groups in total. The number of nitrogens with one attached hydrogen (secondary N) is 2. The predicted molar refractivity (Wildman–Crippen MR) is 112 cm³/mol. The lowest BCUT2D eigenvalue weighted by molar-refractivity contribution is -0.126. The topological polar surface area (TPSA) is 75.3 Å². The van der Waals surface area contributed by atoms with Gasteiger partial charge in [0.05, 0.1) is 5.25 Å². The van der Waals surface area contributed by atoms with Gasteiger partial charge in [-0.05, 0) is 42.9 Å². The highest BCUT2D eigenvalue weighted by molar-refractivity contribution is 8.14. The van der Waals surface area contributed by atoms with Crippen LogP contribution in [0.2, 0.25) is 0 Å². The minimum atomic E-state index is -0.605. The van der Waals surface area contributed by atoms with Crippen molar-refractivity contribution in [2.24, 2.45) is 0 Å². The second-order valence-corrected chi connectivity index (χ2v) is 8.27. The molecule has 3 rings (SSSR count). The molecule has 2 amide bonds. The number of hydrogen-bond donors (Lipinski definition) is 2. The zero-order valence-electron chi connectivity index (χ0n) is 15.8. The molecule has 1 aliphatic rings. The largest absolute Gasteiger partial charge is 0.343 e. The lowest BCUT2D eigenvalue weighted by Gasteiger charge is -2.24. The van der Waals surface area contributed by atoms with E-state index in [0.717, 1.165) is 41.4 Å². The lowest BCUT2D eigenvalue weighted by Crippen LogP contribution is -2.48. The zero-order chi connectivity index (χ0) is 19.9. The van der Waals surface area contributed by atoms with Crippen molar-refractivity contribution < 1.29 is 14.4 Å². The van der Waals surface area contributed by atoms with E-state index >= 15 is 0 Å². The minimum absolute atomic E-state index is 0.118. The second kappa shape index (κ2) is 9.55. The third-order valence-corrected chi connectivity index (χ3v) is 5.71. The first kappa shape index (κ1) is 20.1. The van der Waals surface area contributed by atoms with Crippen molar-refractivity contribution in [3.63, 3.8) is 0 Å². The molecular weight excluding hydrogens is 372 g/mol. The highest BCUT2D eigenvalue weighted by atomic mass is 32.2. The number of carbonyl (C=O) groups excluding carboxylic acids is 3. The maximum absolute atomic E-state index is 12.9. The molecule has 2 aromatic rings. The first-order chi connectivity index (χ1) is 13.5. The minimum Gasteiger partial charge on any atom is -0.343 e. The summed E-state index contributed by atoms with van der Waals surface area (Å²) in [5.74, 6) is -0.496. The highest BCUT2D eigenvalue weighted by Gasteiger charge is 2.28. The fraction of sp³-hybridized carbons (Fsp3) is 0.318. The molecule has 146 valence electrons. The average molecular weight is 397 g/mol. The Labute approximate surface area is 169 Å². The Bertz CT molecular complexity index is 854. The van der Waals surface area contributed by atoms with Gasteiger partial charge in [0.2, 0.25) is 11.8 Å². The molecule has 0 bridgehead atoms. The van der Waals surface area contributed by atoms with Crippen LogP contribution >= 0.6 is 11.8 Å². The first-order valence-corrected chi connectivity index (χ1v) is 10.3. The molecule has 5 nitrogen and oxygen atoms in total. The molecule has 0 spiro atoms. The van der Waals surface area contributed by atoms with E-state index in [0.29, 0.717) is 12.8 Å². The summed E-state index contributed by atoms with van der Waals surface area (Å²) in [5.41, 5.74) is 2.88. The van der Waals surface area contributed by atoms with Crippen LogP contribution in [0, 0.1) is 0 Å². The second-order valence-electron chi connectivity index (χ2n) is 6.89. The van der Waals surface area contributed by atoms with Crippen LogP contribution < -0.4 is 10.6 Å². The fourth-order valence-electron chi connectivity index (χ4n) is 3.33. The van der Waals surface area contributed by atoms with Crippen molar-refractivity contribution in [1.82, 2.24) is 5.32 Å². The van der Waals surface area contributed by atoms with E-state index in [9.17, 15) is 14.4 Å². The van der Waals surface area contributed by atoms with Gasteiger partial charge in [0.1, 0.15) is 6.04 Å². The van der Waals surface area contributed by atoms with Crippen molar-refractivity contribution in [3.8, 4) is 0 Å². The zero-order valence-corrected chi connectivity index (χ0v) is 16.6. The van der Waals surface area contributed by atoms with E-state index in [1.807, 2.05) is 54.6 Å². The molecule has 0 saturated heterocycles. The van der Waals surface area contributed by atoms with Gasteiger partial charge in [-0.3, -0.25) is 14.4 Å². The summed E-state index contributed by atoms with van der Waals surface area (Å²) in [6, 6.07) is 16.7. The predicted octanol–water partition coefficient (Wildman–Crippen LogP) is 3.34. The van der Waals surface area contributed by atoms with E-state index in [1.165, 1.54) is 6.92 Å². The summed E-state index contributed by atoms with van der Waals surface area (Å²) in [5, 5.41) is 5.11. The van der Waals surface area contributed by atoms with Gasteiger partial charge in [0.25, 0.3) is 0 Å². The van der Waals surface area contributed by atoms with Crippen molar-refractivity contribution in [3.05, 3.63) is 65.7 Å². The van der Waals surface area contributed by atoms with E-state index in [2.05, 4.69) is 10.6 Å². The van der Waals surface area contributed by atoms with E-state index < -0.39 is 11.3 Å². The number of anilines is 1. The van der Waals surface area contributed by atoms with Gasteiger partial charge in [0, 0.05) is 12.6 Å². The van der Waals surface area contributed by atoms with Crippen LogP contribution in [0.1, 0.15) is 30.9 Å². The molecule has 0 aliphatic carbocycles. The number of hydrogen-bond acceptors (Lipinski definition) is 4. The standard InChI is InChI=1S/C22H24N2O3S/c1-15(25)28-20(14-16-8-3-2-4-9-16)22(27)24-19-13-7-11-17-10-5-6-12-18(17)23-21(19)26/h2-6,8-10,12,19-20H,7,11,13-14H2,1H3,(H,23,26)(H,24,27)/t19?,20-/m0/s1. The number of benzene rings is 2. The van der Waals surface area contributed by atoms with Gasteiger partial charge >= 0.3 is 0 Å². The SMILES string of the molecule is CC(=O)S[C@@H](Cc1ccccc1)C(=O)NC1CCCc2ccccc2NC1=O. The van der Waals surface area contributed by atoms with Crippen molar-refractivity contribution in [1.29, 1.82) is 0 Å². The molecule has 1 aliphatic heterocycles. The summed E-state index contributed by atoms with van der Waals surface area (Å²) in [6.45, 7) is 1.45. The van der Waals surface area contributed by atoms with Gasteiger partial charge in [0.15, 0.2) is 5.12 Å². The molecular formula is C22H24N2O3S. The molecule has 0 aromatic heterocycles. The average Bonchev–Trinajstić information content (AvgIpc) is 2.67. The van der Waals surface area contributed by atoms with E-state index in [1.54, 1.807) is 0 Å². The molecule has 0 fully saturated rings. The van der Waals surface area contributed by atoms with Crippen LogP contribution in [0.3, 0.4) is 0 Å². The summed E-state index contributed by atoms with van der Waals surface area (Å²) in [7, 11) is 0. The number of aryl methyl sites for hydroxylation is 1. The van der Waals surface area contributed by atoms with Crippen LogP contribution in [0.4, 0.5) is 5.69 Å². The van der Waals surface area contributed by atoms with Crippen LogP contribution in [0.15, 0.2) is 54.6 Å². The quantitative estimate of drug-likeness (QED) is 0.813. The Morgan fingerprint density at radius 2 is 1.86 bits per heavy atom. The Balaban J connectivity index is 1.69. The number of carbonyl (C=O) groups is 3. The molecule has 0 saturated carbocycles. The normalized spacial score (nSPS) is 17.5. The number of amides is 2. The van der Waals surface area contributed by atoms with Crippen LogP contribution in [-0.2, 0) is 27.2 Å². The number of thioether (sulfide) groups is 1. The van der Waals surface area contributed by atoms with Crippen molar-refractivity contribution >= 4 is 34.4 Å². The van der Waals surface area contributed by atoms with Crippen LogP contribution in [0.25, 0.3) is 0 Å². The molecule has 2 atom stereocenters. The number of para-hydroxylation sites is 1. The van der Waals surface area contributed by atoms with Crippen LogP contribution in [0.5, 0.6) is 0 Å². The molecule has 6 heteroatoms. The molecule has 0 radical (unpaired) electrons.